The third kappa shape index (κ3) is 5.96. The Morgan fingerprint density at radius 1 is 1.30 bits per heavy atom. The van der Waals surface area contributed by atoms with Gasteiger partial charge in [0.2, 0.25) is 0 Å². The Morgan fingerprint density at radius 2 is 2.07 bits per heavy atom. The van der Waals surface area contributed by atoms with Crippen LogP contribution in [0.1, 0.15) is 25.8 Å². The molecule has 0 bridgehead atoms. The van der Waals surface area contributed by atoms with Crippen LogP contribution in [0.4, 0.5) is 11.4 Å². The van der Waals surface area contributed by atoms with Crippen LogP contribution < -0.4 is 14.8 Å². The minimum Gasteiger partial charge on any atom is -0.490 e. The predicted octanol–water partition coefficient (Wildman–Crippen LogP) is 4.98. The first-order valence-corrected chi connectivity index (χ1v) is 9.54. The zero-order chi connectivity index (χ0) is 22.1. The Balaban J connectivity index is 2.32. The lowest BCUT2D eigenvalue weighted by atomic mass is 10.1. The van der Waals surface area contributed by atoms with E-state index in [1.54, 1.807) is 12.1 Å². The summed E-state index contributed by atoms with van der Waals surface area (Å²) in [5, 5.41) is 23.1. The molecule has 2 rings (SSSR count). The maximum absolute atomic E-state index is 12.5. The Labute approximate surface area is 178 Å². The summed E-state index contributed by atoms with van der Waals surface area (Å²) in [7, 11) is 0. The molecule has 0 radical (unpaired) electrons. The molecule has 0 heterocycles. The highest BCUT2D eigenvalue weighted by atomic mass is 35.5. The van der Waals surface area contributed by atoms with Crippen molar-refractivity contribution in [3.8, 4) is 17.6 Å². The van der Waals surface area contributed by atoms with Crippen LogP contribution in [0.25, 0.3) is 6.08 Å². The molecule has 1 amide bonds. The normalized spacial score (nSPS) is 10.8. The number of ether oxygens (including phenoxy) is 2. The van der Waals surface area contributed by atoms with E-state index in [2.05, 4.69) is 5.32 Å². The molecular weight excluding hydrogens is 410 g/mol. The number of nitriles is 1. The second kappa shape index (κ2) is 10.8. The van der Waals surface area contributed by atoms with Gasteiger partial charge in [-0.2, -0.15) is 5.26 Å². The molecule has 0 unspecified atom stereocenters. The van der Waals surface area contributed by atoms with E-state index in [0.717, 1.165) is 6.42 Å². The van der Waals surface area contributed by atoms with Crippen molar-refractivity contribution in [3.05, 3.63) is 62.7 Å². The summed E-state index contributed by atoms with van der Waals surface area (Å²) in [6.07, 6.45) is 2.14. The molecule has 0 aliphatic heterocycles. The van der Waals surface area contributed by atoms with E-state index in [0.29, 0.717) is 30.3 Å². The topological polar surface area (TPSA) is 114 Å². The second-order valence-electron chi connectivity index (χ2n) is 6.04. The van der Waals surface area contributed by atoms with Gasteiger partial charge >= 0.3 is 0 Å². The van der Waals surface area contributed by atoms with E-state index in [1.165, 1.54) is 30.3 Å². The summed E-state index contributed by atoms with van der Waals surface area (Å²) < 4.78 is 11.2. The van der Waals surface area contributed by atoms with Crippen LogP contribution in [0.5, 0.6) is 11.5 Å². The highest BCUT2D eigenvalue weighted by Gasteiger charge is 2.15. The molecule has 0 spiro atoms. The number of nitrogens with zero attached hydrogens (tertiary/aromatic N) is 2. The number of carbonyl (C=O) groups is 1. The number of anilines is 1. The number of benzene rings is 2. The van der Waals surface area contributed by atoms with Crippen molar-refractivity contribution in [2.45, 2.75) is 20.3 Å². The molecular formula is C21H20ClN3O5. The fourth-order valence-electron chi connectivity index (χ4n) is 2.49. The van der Waals surface area contributed by atoms with Crippen molar-refractivity contribution in [1.82, 2.24) is 0 Å². The first-order valence-electron chi connectivity index (χ1n) is 9.16. The number of non-ortho nitro benzene ring substituents is 1. The van der Waals surface area contributed by atoms with E-state index < -0.39 is 10.8 Å². The Kier molecular flexibility index (Phi) is 8.20. The van der Waals surface area contributed by atoms with Gasteiger partial charge < -0.3 is 14.8 Å². The number of nitro benzene ring substituents is 1. The molecule has 30 heavy (non-hydrogen) atoms. The molecule has 0 fully saturated rings. The lowest BCUT2D eigenvalue weighted by molar-refractivity contribution is -0.384. The molecule has 0 aliphatic rings. The average Bonchev–Trinajstić information content (AvgIpc) is 2.71. The molecule has 0 aromatic heterocycles. The number of nitrogens with one attached hydrogen (secondary N) is 1. The molecule has 156 valence electrons. The van der Waals surface area contributed by atoms with Gasteiger partial charge in [-0.3, -0.25) is 14.9 Å². The van der Waals surface area contributed by atoms with Crippen molar-refractivity contribution < 1.29 is 19.2 Å². The van der Waals surface area contributed by atoms with E-state index in [1.807, 2.05) is 19.9 Å². The van der Waals surface area contributed by atoms with Gasteiger partial charge in [0.15, 0.2) is 11.5 Å². The fourth-order valence-corrected chi connectivity index (χ4v) is 2.76. The van der Waals surface area contributed by atoms with Gasteiger partial charge in [0.25, 0.3) is 11.6 Å². The largest absolute Gasteiger partial charge is 0.490 e. The minimum atomic E-state index is -0.710. The number of carbonyl (C=O) groups excluding carboxylic acids is 1. The summed E-state index contributed by atoms with van der Waals surface area (Å²) >= 11 is 6.31. The van der Waals surface area contributed by atoms with Crippen molar-refractivity contribution >= 4 is 35.0 Å². The van der Waals surface area contributed by atoms with Gasteiger partial charge in [0, 0.05) is 17.8 Å². The summed E-state index contributed by atoms with van der Waals surface area (Å²) in [5.41, 5.74) is 0.290. The summed E-state index contributed by atoms with van der Waals surface area (Å²) in [4.78, 5) is 22.8. The van der Waals surface area contributed by atoms with Gasteiger partial charge in [0.1, 0.15) is 11.6 Å². The molecule has 0 saturated carbocycles. The van der Waals surface area contributed by atoms with Crippen LogP contribution in [0, 0.1) is 21.4 Å². The van der Waals surface area contributed by atoms with Crippen LogP contribution in [0.3, 0.4) is 0 Å². The smallest absolute Gasteiger partial charge is 0.271 e. The maximum Gasteiger partial charge on any atom is 0.271 e. The minimum absolute atomic E-state index is 0.175. The average molecular weight is 430 g/mol. The molecule has 2 aromatic carbocycles. The Morgan fingerprint density at radius 3 is 2.70 bits per heavy atom. The third-order valence-electron chi connectivity index (χ3n) is 3.77. The van der Waals surface area contributed by atoms with Gasteiger partial charge in [-0.1, -0.05) is 24.6 Å². The second-order valence-corrected chi connectivity index (χ2v) is 6.45. The van der Waals surface area contributed by atoms with E-state index in [4.69, 9.17) is 21.1 Å². The van der Waals surface area contributed by atoms with E-state index in [-0.39, 0.29) is 22.0 Å². The third-order valence-corrected chi connectivity index (χ3v) is 4.05. The van der Waals surface area contributed by atoms with Crippen LogP contribution in [0.2, 0.25) is 5.02 Å². The predicted molar refractivity (Wildman–Crippen MR) is 114 cm³/mol. The lowest BCUT2D eigenvalue weighted by Crippen LogP contribution is -2.13. The van der Waals surface area contributed by atoms with Gasteiger partial charge in [-0.05, 0) is 43.2 Å². The Hall–Kier alpha value is -3.57. The van der Waals surface area contributed by atoms with Crippen LogP contribution >= 0.6 is 11.6 Å². The molecule has 1 N–H and O–H groups in total. The Bertz CT molecular complexity index is 1010. The zero-order valence-electron chi connectivity index (χ0n) is 16.5. The van der Waals surface area contributed by atoms with Crippen LogP contribution in [-0.4, -0.2) is 24.0 Å². The van der Waals surface area contributed by atoms with Crippen LogP contribution in [-0.2, 0) is 4.79 Å². The lowest BCUT2D eigenvalue weighted by Gasteiger charge is -2.14. The fraction of sp³-hybridized carbons (Fsp3) is 0.238. The van der Waals surface area contributed by atoms with Crippen molar-refractivity contribution in [2.75, 3.05) is 18.5 Å². The summed E-state index contributed by atoms with van der Waals surface area (Å²) in [6, 6.07) is 10.4. The highest BCUT2D eigenvalue weighted by Crippen LogP contribution is 2.37. The first-order chi connectivity index (χ1) is 14.4. The molecule has 0 saturated heterocycles. The molecule has 2 aromatic rings. The van der Waals surface area contributed by atoms with Gasteiger partial charge in [-0.15, -0.1) is 0 Å². The molecule has 0 aliphatic carbocycles. The zero-order valence-corrected chi connectivity index (χ0v) is 17.2. The van der Waals surface area contributed by atoms with Gasteiger partial charge in [-0.25, -0.2) is 0 Å². The number of rotatable bonds is 9. The standard InChI is InChI=1S/C21H20ClN3O5/c1-3-8-30-20-18(22)10-14(11-19(20)29-4-2)9-15(13-23)21(26)24-16-6-5-7-17(12-16)25(27)28/h5-7,9-12H,3-4,8H2,1-2H3,(H,24,26)/b15-9+. The SMILES string of the molecule is CCCOc1c(Cl)cc(/C=C(\C#N)C(=O)Nc2cccc([N+](=O)[O-])c2)cc1OCC. The summed E-state index contributed by atoms with van der Waals surface area (Å²) in [6.45, 7) is 4.62. The number of hydrogen-bond donors (Lipinski definition) is 1. The quantitative estimate of drug-likeness (QED) is 0.260. The van der Waals surface area contributed by atoms with Crippen molar-refractivity contribution in [2.24, 2.45) is 0 Å². The highest BCUT2D eigenvalue weighted by molar-refractivity contribution is 6.32. The number of hydrogen-bond acceptors (Lipinski definition) is 6. The molecule has 0 atom stereocenters. The monoisotopic (exact) mass is 429 g/mol. The van der Waals surface area contributed by atoms with Crippen molar-refractivity contribution in [3.63, 3.8) is 0 Å². The maximum atomic E-state index is 12.5. The number of nitro groups is 1. The first kappa shape index (κ1) is 22.7. The van der Waals surface area contributed by atoms with Gasteiger partial charge in [0.05, 0.1) is 23.2 Å². The number of amides is 1. The molecule has 8 nitrogen and oxygen atoms in total. The summed E-state index contributed by atoms with van der Waals surface area (Å²) in [5.74, 6) is 0.0940. The number of halogens is 1. The van der Waals surface area contributed by atoms with Crippen molar-refractivity contribution in [1.29, 1.82) is 5.26 Å². The van der Waals surface area contributed by atoms with Crippen LogP contribution in [0.15, 0.2) is 42.0 Å². The molecule has 9 heteroatoms. The van der Waals surface area contributed by atoms with E-state index >= 15 is 0 Å². The van der Waals surface area contributed by atoms with E-state index in [9.17, 15) is 20.2 Å².